The normalized spacial score (nSPS) is 14.6. The van der Waals surface area contributed by atoms with Gasteiger partial charge in [0.1, 0.15) is 0 Å². The molecule has 1 aromatic rings. The smallest absolute Gasteiger partial charge is 0.00443 e. The number of rotatable bonds is 9. The van der Waals surface area contributed by atoms with E-state index in [9.17, 15) is 0 Å². The summed E-state index contributed by atoms with van der Waals surface area (Å²) in [6.07, 6.45) is 6.39. The van der Waals surface area contributed by atoms with Crippen molar-refractivity contribution in [2.45, 2.75) is 71.9 Å². The van der Waals surface area contributed by atoms with Gasteiger partial charge in [-0.3, -0.25) is 0 Å². The molecule has 0 saturated heterocycles. The molecule has 0 amide bonds. The molecule has 1 heteroatoms. The highest BCUT2D eigenvalue weighted by atomic mass is 14.9. The maximum atomic E-state index is 3.72. The van der Waals surface area contributed by atoms with E-state index in [0.717, 1.165) is 5.92 Å². The Morgan fingerprint density at radius 3 is 2.11 bits per heavy atom. The predicted octanol–water partition coefficient (Wildman–Crippen LogP) is 4.81. The lowest BCUT2D eigenvalue weighted by molar-refractivity contribution is 0.405. The van der Waals surface area contributed by atoms with E-state index >= 15 is 0 Å². The Labute approximate surface area is 119 Å². The lowest BCUT2D eigenvalue weighted by atomic mass is 10.0. The Hall–Kier alpha value is -0.820. The zero-order chi connectivity index (χ0) is 14.1. The highest BCUT2D eigenvalue weighted by molar-refractivity contribution is 5.14. The Kier molecular flexibility index (Phi) is 7.81. The van der Waals surface area contributed by atoms with Crippen molar-refractivity contribution in [3.05, 3.63) is 35.9 Å². The van der Waals surface area contributed by atoms with Gasteiger partial charge >= 0.3 is 0 Å². The first kappa shape index (κ1) is 16.2. The van der Waals surface area contributed by atoms with E-state index in [1.54, 1.807) is 0 Å². The maximum Gasteiger partial charge on any atom is 0.00443 e. The van der Waals surface area contributed by atoms with Gasteiger partial charge in [-0.25, -0.2) is 0 Å². The van der Waals surface area contributed by atoms with E-state index in [2.05, 4.69) is 63.3 Å². The van der Waals surface area contributed by atoms with Crippen LogP contribution in [0.15, 0.2) is 30.3 Å². The summed E-state index contributed by atoms with van der Waals surface area (Å²) in [6, 6.07) is 12.0. The van der Waals surface area contributed by atoms with Gasteiger partial charge in [-0.15, -0.1) is 0 Å². The largest absolute Gasteiger partial charge is 0.312 e. The van der Waals surface area contributed by atoms with Crippen molar-refractivity contribution in [2.24, 2.45) is 5.92 Å². The van der Waals surface area contributed by atoms with Crippen LogP contribution in [0.4, 0.5) is 0 Å². The van der Waals surface area contributed by atoms with E-state index in [1.807, 2.05) is 0 Å². The molecule has 0 bridgehead atoms. The van der Waals surface area contributed by atoms with Crippen LogP contribution in [0.1, 0.15) is 58.9 Å². The molecule has 0 spiro atoms. The van der Waals surface area contributed by atoms with Crippen molar-refractivity contribution in [1.82, 2.24) is 5.32 Å². The third-order valence-corrected chi connectivity index (χ3v) is 3.70. The topological polar surface area (TPSA) is 12.0 Å². The van der Waals surface area contributed by atoms with E-state index in [1.165, 1.54) is 37.7 Å². The molecule has 108 valence electrons. The summed E-state index contributed by atoms with van der Waals surface area (Å²) in [7, 11) is 0. The van der Waals surface area contributed by atoms with Gasteiger partial charge in [-0.1, -0.05) is 57.0 Å². The van der Waals surface area contributed by atoms with Gasteiger partial charge in [0.2, 0.25) is 0 Å². The van der Waals surface area contributed by atoms with Crippen molar-refractivity contribution < 1.29 is 0 Å². The predicted molar refractivity (Wildman–Crippen MR) is 85.5 cm³/mol. The molecule has 19 heavy (non-hydrogen) atoms. The highest BCUT2D eigenvalue weighted by Gasteiger charge is 2.07. The van der Waals surface area contributed by atoms with Crippen LogP contribution in [-0.4, -0.2) is 12.1 Å². The number of hydrogen-bond acceptors (Lipinski definition) is 1. The summed E-state index contributed by atoms with van der Waals surface area (Å²) >= 11 is 0. The number of aryl methyl sites for hydroxylation is 1. The zero-order valence-corrected chi connectivity index (χ0v) is 13.2. The molecule has 0 aliphatic rings. The Balaban J connectivity index is 2.14. The SMILES string of the molecule is CC(C)CCCC(C)NC(C)CCc1ccccc1. The second-order valence-electron chi connectivity index (χ2n) is 6.32. The van der Waals surface area contributed by atoms with Crippen LogP contribution in [0.3, 0.4) is 0 Å². The molecule has 1 nitrogen and oxygen atoms in total. The third-order valence-electron chi connectivity index (χ3n) is 3.70. The van der Waals surface area contributed by atoms with Crippen molar-refractivity contribution in [3.63, 3.8) is 0 Å². The van der Waals surface area contributed by atoms with E-state index < -0.39 is 0 Å². The van der Waals surface area contributed by atoms with Gasteiger partial charge in [0.25, 0.3) is 0 Å². The van der Waals surface area contributed by atoms with Crippen LogP contribution < -0.4 is 5.32 Å². The Morgan fingerprint density at radius 1 is 0.842 bits per heavy atom. The lowest BCUT2D eigenvalue weighted by Crippen LogP contribution is -2.34. The Bertz CT molecular complexity index is 318. The molecule has 0 aromatic heterocycles. The van der Waals surface area contributed by atoms with Crippen LogP contribution in [0, 0.1) is 5.92 Å². The van der Waals surface area contributed by atoms with Gasteiger partial charge in [0.05, 0.1) is 0 Å². The van der Waals surface area contributed by atoms with Crippen molar-refractivity contribution >= 4 is 0 Å². The molecule has 2 unspecified atom stereocenters. The standard InChI is InChI=1S/C18H31N/c1-15(2)9-8-10-16(3)19-17(4)13-14-18-11-6-5-7-12-18/h5-7,11-12,15-17,19H,8-10,13-14H2,1-4H3. The van der Waals surface area contributed by atoms with Crippen LogP contribution in [0.25, 0.3) is 0 Å². The fourth-order valence-electron chi connectivity index (χ4n) is 2.51. The molecule has 0 heterocycles. The fraction of sp³-hybridized carbons (Fsp3) is 0.667. The van der Waals surface area contributed by atoms with Gasteiger partial charge in [-0.2, -0.15) is 0 Å². The summed E-state index contributed by atoms with van der Waals surface area (Å²) in [5.74, 6) is 0.836. The summed E-state index contributed by atoms with van der Waals surface area (Å²) in [5, 5.41) is 3.72. The van der Waals surface area contributed by atoms with Crippen LogP contribution >= 0.6 is 0 Å². The molecule has 0 aliphatic carbocycles. The first-order valence-corrected chi connectivity index (χ1v) is 7.88. The maximum absolute atomic E-state index is 3.72. The molecule has 0 saturated carbocycles. The minimum Gasteiger partial charge on any atom is -0.312 e. The highest BCUT2D eigenvalue weighted by Crippen LogP contribution is 2.10. The lowest BCUT2D eigenvalue weighted by Gasteiger charge is -2.20. The molecule has 1 aromatic carbocycles. The first-order chi connectivity index (χ1) is 9.08. The molecule has 2 atom stereocenters. The minimum atomic E-state index is 0.606. The van der Waals surface area contributed by atoms with Gasteiger partial charge in [0.15, 0.2) is 0 Å². The molecular weight excluding hydrogens is 230 g/mol. The molecular formula is C18H31N. The quantitative estimate of drug-likeness (QED) is 0.672. The summed E-state index contributed by atoms with van der Waals surface area (Å²) in [4.78, 5) is 0. The van der Waals surface area contributed by atoms with Crippen molar-refractivity contribution in [2.75, 3.05) is 0 Å². The molecule has 1 rings (SSSR count). The second-order valence-corrected chi connectivity index (χ2v) is 6.32. The fourth-order valence-corrected chi connectivity index (χ4v) is 2.51. The molecule has 0 radical (unpaired) electrons. The second kappa shape index (κ2) is 9.14. The number of hydrogen-bond donors (Lipinski definition) is 1. The molecule has 1 N–H and O–H groups in total. The number of nitrogens with one attached hydrogen (secondary N) is 1. The van der Waals surface area contributed by atoms with Crippen molar-refractivity contribution in [1.29, 1.82) is 0 Å². The van der Waals surface area contributed by atoms with E-state index in [-0.39, 0.29) is 0 Å². The van der Waals surface area contributed by atoms with E-state index in [0.29, 0.717) is 12.1 Å². The summed E-state index contributed by atoms with van der Waals surface area (Å²) in [6.45, 7) is 9.24. The zero-order valence-electron chi connectivity index (χ0n) is 13.2. The molecule has 0 aliphatic heterocycles. The van der Waals surface area contributed by atoms with Crippen LogP contribution in [0.5, 0.6) is 0 Å². The van der Waals surface area contributed by atoms with Crippen LogP contribution in [-0.2, 0) is 6.42 Å². The monoisotopic (exact) mass is 261 g/mol. The summed E-state index contributed by atoms with van der Waals surface area (Å²) in [5.41, 5.74) is 1.45. The third kappa shape index (κ3) is 8.05. The average molecular weight is 261 g/mol. The van der Waals surface area contributed by atoms with E-state index in [4.69, 9.17) is 0 Å². The van der Waals surface area contributed by atoms with Gasteiger partial charge in [-0.05, 0) is 44.6 Å². The minimum absolute atomic E-state index is 0.606. The van der Waals surface area contributed by atoms with Gasteiger partial charge < -0.3 is 5.32 Å². The van der Waals surface area contributed by atoms with Gasteiger partial charge in [0, 0.05) is 12.1 Å². The first-order valence-electron chi connectivity index (χ1n) is 7.88. The Morgan fingerprint density at radius 2 is 1.47 bits per heavy atom. The number of benzene rings is 1. The van der Waals surface area contributed by atoms with Crippen LogP contribution in [0.2, 0.25) is 0 Å². The summed E-state index contributed by atoms with van der Waals surface area (Å²) < 4.78 is 0. The molecule has 0 fully saturated rings. The van der Waals surface area contributed by atoms with Crippen molar-refractivity contribution in [3.8, 4) is 0 Å². The average Bonchev–Trinajstić information content (AvgIpc) is 2.37.